The molecule has 0 unspecified atom stereocenters. The number of hydrogen-bond acceptors (Lipinski definition) is 2. The van der Waals surface area contributed by atoms with Gasteiger partial charge in [-0.2, -0.15) is 0 Å². The highest BCUT2D eigenvalue weighted by molar-refractivity contribution is 9.10. The van der Waals surface area contributed by atoms with Crippen LogP contribution >= 0.6 is 15.9 Å². The second kappa shape index (κ2) is 5.66. The molecule has 1 aliphatic heterocycles. The molecule has 3 rings (SSSR count). The van der Waals surface area contributed by atoms with Crippen molar-refractivity contribution in [2.24, 2.45) is 0 Å². The van der Waals surface area contributed by atoms with Crippen LogP contribution in [-0.2, 0) is 13.0 Å². The first-order valence-electron chi connectivity index (χ1n) is 6.59. The molecule has 0 radical (unpaired) electrons. The lowest BCUT2D eigenvalue weighted by Gasteiger charge is -2.20. The lowest BCUT2D eigenvalue weighted by atomic mass is 9.91. The van der Waals surface area contributed by atoms with Crippen LogP contribution in [0.4, 0.5) is 8.78 Å². The van der Waals surface area contributed by atoms with Crippen LogP contribution in [-0.4, -0.2) is 12.3 Å². The van der Waals surface area contributed by atoms with Crippen molar-refractivity contribution >= 4 is 21.7 Å². The molecular formula is C16H12BrF2NO. The summed E-state index contributed by atoms with van der Waals surface area (Å²) in [6, 6.07) is 7.65. The highest BCUT2D eigenvalue weighted by Crippen LogP contribution is 2.27. The maximum atomic E-state index is 14.1. The van der Waals surface area contributed by atoms with Gasteiger partial charge in [0.15, 0.2) is 11.6 Å². The van der Waals surface area contributed by atoms with Gasteiger partial charge in [0.1, 0.15) is 5.82 Å². The molecule has 5 heteroatoms. The Kier molecular flexibility index (Phi) is 3.87. The molecule has 0 aromatic heterocycles. The number of hydrogen-bond donors (Lipinski definition) is 1. The van der Waals surface area contributed by atoms with Gasteiger partial charge in [-0.1, -0.05) is 18.2 Å². The molecule has 0 bridgehead atoms. The van der Waals surface area contributed by atoms with Crippen molar-refractivity contribution in [1.29, 1.82) is 0 Å². The van der Waals surface area contributed by atoms with Crippen molar-refractivity contribution in [2.45, 2.75) is 13.0 Å². The highest BCUT2D eigenvalue weighted by Gasteiger charge is 2.24. The summed E-state index contributed by atoms with van der Waals surface area (Å²) in [6.45, 7) is 1.42. The Balaban J connectivity index is 2.14. The highest BCUT2D eigenvalue weighted by atomic mass is 79.9. The first-order valence-corrected chi connectivity index (χ1v) is 7.38. The number of benzene rings is 2. The molecule has 0 amide bonds. The third-order valence-electron chi connectivity index (χ3n) is 3.66. The fraction of sp³-hybridized carbons (Fsp3) is 0.188. The molecule has 2 aromatic rings. The van der Waals surface area contributed by atoms with Gasteiger partial charge >= 0.3 is 0 Å². The van der Waals surface area contributed by atoms with Crippen LogP contribution < -0.4 is 5.32 Å². The average Bonchev–Trinajstić information content (AvgIpc) is 2.50. The lowest BCUT2D eigenvalue weighted by molar-refractivity contribution is 0.103. The van der Waals surface area contributed by atoms with Crippen LogP contribution in [0.5, 0.6) is 0 Å². The molecular weight excluding hydrogens is 340 g/mol. The van der Waals surface area contributed by atoms with Crippen LogP contribution in [0, 0.1) is 11.6 Å². The maximum Gasteiger partial charge on any atom is 0.199 e. The number of halogens is 3. The first kappa shape index (κ1) is 14.4. The Hall–Kier alpha value is -1.59. The summed E-state index contributed by atoms with van der Waals surface area (Å²) in [6.07, 6.45) is 0.675. The molecule has 1 N–H and O–H groups in total. The van der Waals surface area contributed by atoms with Gasteiger partial charge < -0.3 is 5.32 Å². The number of carbonyl (C=O) groups excluding carboxylic acids is 1. The van der Waals surface area contributed by atoms with Crippen molar-refractivity contribution in [2.75, 3.05) is 6.54 Å². The normalized spacial score (nSPS) is 13.9. The minimum absolute atomic E-state index is 0.0821. The SMILES string of the molecule is O=C(c1cccc2c1CCNC2)c1c(F)ccc(Br)c1F. The van der Waals surface area contributed by atoms with E-state index in [1.165, 1.54) is 6.07 Å². The van der Waals surface area contributed by atoms with Gasteiger partial charge in [0.25, 0.3) is 0 Å². The third kappa shape index (κ3) is 2.51. The van der Waals surface area contributed by atoms with Crippen LogP contribution in [0.15, 0.2) is 34.8 Å². The molecule has 0 aliphatic carbocycles. The molecule has 1 heterocycles. The van der Waals surface area contributed by atoms with Gasteiger partial charge in [-0.3, -0.25) is 4.79 Å². The quantitative estimate of drug-likeness (QED) is 0.661. The Bertz CT molecular complexity index is 730. The molecule has 2 nitrogen and oxygen atoms in total. The summed E-state index contributed by atoms with van der Waals surface area (Å²) in [4.78, 5) is 12.6. The van der Waals surface area contributed by atoms with Crippen molar-refractivity contribution < 1.29 is 13.6 Å². The van der Waals surface area contributed by atoms with Crippen LogP contribution in [0.25, 0.3) is 0 Å². The molecule has 2 aromatic carbocycles. The van der Waals surface area contributed by atoms with E-state index in [0.29, 0.717) is 18.5 Å². The molecule has 0 spiro atoms. The van der Waals surface area contributed by atoms with E-state index in [1.54, 1.807) is 12.1 Å². The van der Waals surface area contributed by atoms with Crippen LogP contribution in [0.2, 0.25) is 0 Å². The van der Waals surface area contributed by atoms with E-state index in [1.807, 2.05) is 6.07 Å². The predicted molar refractivity (Wildman–Crippen MR) is 79.3 cm³/mol. The lowest BCUT2D eigenvalue weighted by Crippen LogP contribution is -2.25. The van der Waals surface area contributed by atoms with E-state index in [-0.39, 0.29) is 4.47 Å². The topological polar surface area (TPSA) is 29.1 Å². The van der Waals surface area contributed by atoms with E-state index in [4.69, 9.17) is 0 Å². The number of nitrogens with one attached hydrogen (secondary N) is 1. The van der Waals surface area contributed by atoms with E-state index in [2.05, 4.69) is 21.2 Å². The molecule has 0 fully saturated rings. The van der Waals surface area contributed by atoms with Gasteiger partial charge in [-0.25, -0.2) is 8.78 Å². The molecule has 0 saturated heterocycles. The largest absolute Gasteiger partial charge is 0.312 e. The minimum atomic E-state index is -0.855. The van der Waals surface area contributed by atoms with E-state index in [9.17, 15) is 13.6 Å². The van der Waals surface area contributed by atoms with Gasteiger partial charge in [-0.15, -0.1) is 0 Å². The minimum Gasteiger partial charge on any atom is -0.312 e. The smallest absolute Gasteiger partial charge is 0.199 e. The summed E-state index contributed by atoms with van der Waals surface area (Å²) >= 11 is 2.99. The average molecular weight is 352 g/mol. The first-order chi connectivity index (χ1) is 10.1. The van der Waals surface area contributed by atoms with Crippen molar-refractivity contribution in [3.05, 3.63) is 68.7 Å². The summed E-state index contributed by atoms with van der Waals surface area (Å²) in [7, 11) is 0. The molecule has 21 heavy (non-hydrogen) atoms. The zero-order valence-electron chi connectivity index (χ0n) is 11.1. The molecule has 0 saturated carbocycles. The van der Waals surface area contributed by atoms with Crippen molar-refractivity contribution in [3.8, 4) is 0 Å². The standard InChI is InChI=1S/C16H12BrF2NO/c17-12-4-5-13(18)14(15(12)19)16(21)11-3-1-2-9-8-20-7-6-10(9)11/h1-5,20H,6-8H2. The molecule has 1 aliphatic rings. The maximum absolute atomic E-state index is 14.1. The monoisotopic (exact) mass is 351 g/mol. The Morgan fingerprint density at radius 3 is 2.81 bits per heavy atom. The summed E-state index contributed by atoms with van der Waals surface area (Å²) in [5.74, 6) is -2.30. The second-order valence-electron chi connectivity index (χ2n) is 4.92. The number of rotatable bonds is 2. The zero-order chi connectivity index (χ0) is 15.0. The zero-order valence-corrected chi connectivity index (χ0v) is 12.6. The third-order valence-corrected chi connectivity index (χ3v) is 4.27. The molecule has 0 atom stereocenters. The predicted octanol–water partition coefficient (Wildman–Crippen LogP) is 3.60. The van der Waals surface area contributed by atoms with Crippen molar-refractivity contribution in [1.82, 2.24) is 5.32 Å². The fourth-order valence-electron chi connectivity index (χ4n) is 2.61. The summed E-state index contributed by atoms with van der Waals surface area (Å²) in [5.41, 5.74) is 1.75. The fourth-order valence-corrected chi connectivity index (χ4v) is 2.94. The van der Waals surface area contributed by atoms with E-state index < -0.39 is 23.0 Å². The summed E-state index contributed by atoms with van der Waals surface area (Å²) in [5, 5.41) is 3.21. The van der Waals surface area contributed by atoms with E-state index >= 15 is 0 Å². The summed E-state index contributed by atoms with van der Waals surface area (Å²) < 4.78 is 28.1. The Labute approximate surface area is 129 Å². The number of ketones is 1. The van der Waals surface area contributed by atoms with Gasteiger partial charge in [-0.05, 0) is 52.2 Å². The molecule has 108 valence electrons. The Morgan fingerprint density at radius 1 is 1.19 bits per heavy atom. The van der Waals surface area contributed by atoms with Crippen molar-refractivity contribution in [3.63, 3.8) is 0 Å². The van der Waals surface area contributed by atoms with Gasteiger partial charge in [0.2, 0.25) is 0 Å². The van der Waals surface area contributed by atoms with Gasteiger partial charge in [0.05, 0.1) is 10.0 Å². The van der Waals surface area contributed by atoms with Gasteiger partial charge in [0, 0.05) is 12.1 Å². The van der Waals surface area contributed by atoms with E-state index in [0.717, 1.165) is 23.7 Å². The second-order valence-corrected chi connectivity index (χ2v) is 5.77. The Morgan fingerprint density at radius 2 is 2.00 bits per heavy atom. The van der Waals surface area contributed by atoms with Crippen LogP contribution in [0.3, 0.4) is 0 Å². The number of carbonyl (C=O) groups is 1. The van der Waals surface area contributed by atoms with Crippen LogP contribution in [0.1, 0.15) is 27.0 Å². The number of fused-ring (bicyclic) bond motifs is 1.